The second-order valence-corrected chi connectivity index (χ2v) is 16.8. The number of benzene rings is 10. The zero-order valence-corrected chi connectivity index (χ0v) is 34.4. The molecule has 2 nitrogen and oxygen atoms in total. The summed E-state index contributed by atoms with van der Waals surface area (Å²) in [6, 6.07) is 86.4. The van der Waals surface area contributed by atoms with E-state index < -0.39 is 5.41 Å². The Morgan fingerprint density at radius 2 is 0.730 bits per heavy atom. The average molecular weight is 802 g/mol. The number of furan rings is 1. The lowest BCUT2D eigenvalue weighted by Gasteiger charge is -2.30. The Bertz CT molecular complexity index is 3400. The van der Waals surface area contributed by atoms with Crippen LogP contribution in [0.2, 0.25) is 0 Å². The zero-order valence-electron chi connectivity index (χ0n) is 34.4. The van der Waals surface area contributed by atoms with Gasteiger partial charge in [-0.15, -0.1) is 0 Å². The molecule has 0 aliphatic heterocycles. The molecule has 0 bridgehead atoms. The van der Waals surface area contributed by atoms with Crippen LogP contribution in [0.3, 0.4) is 0 Å². The van der Waals surface area contributed by atoms with E-state index in [0.29, 0.717) is 0 Å². The van der Waals surface area contributed by atoms with E-state index in [1.54, 1.807) is 0 Å². The van der Waals surface area contributed by atoms with Crippen LogP contribution in [0, 0.1) is 0 Å². The van der Waals surface area contributed by atoms with E-state index in [2.05, 4.69) is 241 Å². The van der Waals surface area contributed by atoms with Crippen LogP contribution in [0.15, 0.2) is 241 Å². The van der Waals surface area contributed by atoms with Gasteiger partial charge in [-0.2, -0.15) is 0 Å². The summed E-state index contributed by atoms with van der Waals surface area (Å²) in [4.78, 5) is 2.39. The van der Waals surface area contributed by atoms with Crippen molar-refractivity contribution in [2.75, 3.05) is 4.90 Å². The summed E-state index contributed by atoms with van der Waals surface area (Å²) in [6.45, 7) is 0. The molecule has 2 aliphatic rings. The van der Waals surface area contributed by atoms with Crippen molar-refractivity contribution in [2.45, 2.75) is 5.41 Å². The number of hydrogen-bond donors (Lipinski definition) is 0. The standard InChI is InChI=1S/C61H39NO/c1-3-15-40(16-4-1)42-27-32-45(33-28-42)62(46-34-29-43(30-35-46)41-17-5-2-6-18-41)47-38-53(60-54(39-47)52-22-10-14-26-59(52)63-60)44-31-36-51-50-21-9-13-25-57(50)61(58(51)37-44)55-23-11-7-19-48(55)49-20-8-12-24-56(49)61/h1-39H. The molecular weight excluding hydrogens is 763 g/mol. The van der Waals surface area contributed by atoms with Gasteiger partial charge in [0.2, 0.25) is 0 Å². The number of nitrogens with zero attached hydrogens (tertiary/aromatic N) is 1. The molecule has 63 heavy (non-hydrogen) atoms. The molecular formula is C61H39NO. The molecule has 0 amide bonds. The number of fused-ring (bicyclic) bond motifs is 13. The van der Waals surface area contributed by atoms with Crippen LogP contribution in [-0.4, -0.2) is 0 Å². The summed E-state index contributed by atoms with van der Waals surface area (Å²) in [5.41, 5.74) is 21.9. The van der Waals surface area contributed by atoms with Crippen molar-refractivity contribution in [3.63, 3.8) is 0 Å². The van der Waals surface area contributed by atoms with Gasteiger partial charge in [-0.3, -0.25) is 0 Å². The van der Waals surface area contributed by atoms with Crippen molar-refractivity contribution in [3.05, 3.63) is 259 Å². The number of hydrogen-bond acceptors (Lipinski definition) is 2. The topological polar surface area (TPSA) is 16.4 Å². The van der Waals surface area contributed by atoms with Gasteiger partial charge >= 0.3 is 0 Å². The Balaban J connectivity index is 1.05. The largest absolute Gasteiger partial charge is 0.455 e. The molecule has 13 rings (SSSR count). The Hall–Kier alpha value is -8.20. The molecule has 0 saturated carbocycles. The minimum atomic E-state index is -0.452. The predicted molar refractivity (Wildman–Crippen MR) is 261 cm³/mol. The van der Waals surface area contributed by atoms with Gasteiger partial charge in [-0.05, 0) is 121 Å². The van der Waals surface area contributed by atoms with E-state index in [0.717, 1.165) is 50.1 Å². The maximum Gasteiger partial charge on any atom is 0.143 e. The predicted octanol–water partition coefficient (Wildman–Crippen LogP) is 16.4. The first-order chi connectivity index (χ1) is 31.2. The normalized spacial score (nSPS) is 12.9. The van der Waals surface area contributed by atoms with E-state index in [-0.39, 0.29) is 0 Å². The first kappa shape index (κ1) is 35.5. The highest BCUT2D eigenvalue weighted by Crippen LogP contribution is 2.63. The smallest absolute Gasteiger partial charge is 0.143 e. The fourth-order valence-corrected chi connectivity index (χ4v) is 10.7. The molecule has 0 saturated heterocycles. The molecule has 1 aromatic heterocycles. The van der Waals surface area contributed by atoms with Gasteiger partial charge in [-0.1, -0.05) is 188 Å². The molecule has 0 fully saturated rings. The fourth-order valence-electron chi connectivity index (χ4n) is 10.7. The van der Waals surface area contributed by atoms with Crippen molar-refractivity contribution in [1.29, 1.82) is 0 Å². The van der Waals surface area contributed by atoms with Gasteiger partial charge in [-0.25, -0.2) is 0 Å². The minimum absolute atomic E-state index is 0.452. The third-order valence-corrected chi connectivity index (χ3v) is 13.5. The van der Waals surface area contributed by atoms with Crippen molar-refractivity contribution in [1.82, 2.24) is 0 Å². The molecule has 0 radical (unpaired) electrons. The Morgan fingerprint density at radius 3 is 1.29 bits per heavy atom. The summed E-state index contributed by atoms with van der Waals surface area (Å²) in [5, 5.41) is 2.18. The Kier molecular flexibility index (Phi) is 7.85. The van der Waals surface area contributed by atoms with Gasteiger partial charge < -0.3 is 9.32 Å². The maximum absolute atomic E-state index is 6.91. The molecule has 0 unspecified atom stereocenters. The van der Waals surface area contributed by atoms with Crippen molar-refractivity contribution < 1.29 is 4.42 Å². The number of rotatable bonds is 6. The van der Waals surface area contributed by atoms with Crippen molar-refractivity contribution >= 4 is 39.0 Å². The minimum Gasteiger partial charge on any atom is -0.455 e. The Morgan fingerprint density at radius 1 is 0.286 bits per heavy atom. The van der Waals surface area contributed by atoms with E-state index in [1.807, 2.05) is 0 Å². The van der Waals surface area contributed by atoms with Crippen LogP contribution in [0.4, 0.5) is 17.1 Å². The van der Waals surface area contributed by atoms with E-state index in [1.165, 1.54) is 66.8 Å². The molecule has 1 heterocycles. The van der Waals surface area contributed by atoms with Gasteiger partial charge in [0.15, 0.2) is 0 Å². The van der Waals surface area contributed by atoms with Crippen LogP contribution in [-0.2, 0) is 5.41 Å². The van der Waals surface area contributed by atoms with E-state index in [4.69, 9.17) is 4.42 Å². The first-order valence-corrected chi connectivity index (χ1v) is 21.7. The summed E-state index contributed by atoms with van der Waals surface area (Å²) in [6.07, 6.45) is 0. The lowest BCUT2D eigenvalue weighted by Crippen LogP contribution is -2.25. The van der Waals surface area contributed by atoms with Crippen LogP contribution in [0.5, 0.6) is 0 Å². The molecule has 10 aromatic carbocycles. The molecule has 0 N–H and O–H groups in total. The van der Waals surface area contributed by atoms with Crippen LogP contribution < -0.4 is 4.90 Å². The SMILES string of the molecule is c1ccc(-c2ccc(N(c3ccc(-c4ccccc4)cc3)c3cc(-c4ccc5c(c4)C4(c6ccccc6-c6ccccc64)c4ccccc4-5)c4oc5ccccc5c4c3)cc2)cc1. The highest BCUT2D eigenvalue weighted by molar-refractivity contribution is 6.12. The number of para-hydroxylation sites is 1. The monoisotopic (exact) mass is 801 g/mol. The van der Waals surface area contributed by atoms with Gasteiger partial charge in [0, 0.05) is 33.4 Å². The maximum atomic E-state index is 6.91. The number of anilines is 3. The molecule has 0 atom stereocenters. The summed E-state index contributed by atoms with van der Waals surface area (Å²) < 4.78 is 6.91. The fraction of sp³-hybridized carbons (Fsp3) is 0.0164. The van der Waals surface area contributed by atoms with E-state index >= 15 is 0 Å². The third-order valence-electron chi connectivity index (χ3n) is 13.5. The molecule has 2 aliphatic carbocycles. The molecule has 2 heteroatoms. The molecule has 294 valence electrons. The average Bonchev–Trinajstić information content (AvgIpc) is 3.99. The second-order valence-electron chi connectivity index (χ2n) is 16.8. The Labute approximate surface area is 366 Å². The summed E-state index contributed by atoms with van der Waals surface area (Å²) >= 11 is 0. The van der Waals surface area contributed by atoms with Gasteiger partial charge in [0.1, 0.15) is 11.2 Å². The van der Waals surface area contributed by atoms with Gasteiger partial charge in [0.25, 0.3) is 0 Å². The lowest BCUT2D eigenvalue weighted by molar-refractivity contribution is 0.670. The van der Waals surface area contributed by atoms with Crippen molar-refractivity contribution in [2.24, 2.45) is 0 Å². The third kappa shape index (κ3) is 5.32. The first-order valence-electron chi connectivity index (χ1n) is 21.7. The van der Waals surface area contributed by atoms with Gasteiger partial charge in [0.05, 0.1) is 5.41 Å². The van der Waals surface area contributed by atoms with Crippen molar-refractivity contribution in [3.8, 4) is 55.6 Å². The highest BCUT2D eigenvalue weighted by atomic mass is 16.3. The van der Waals surface area contributed by atoms with Crippen LogP contribution >= 0.6 is 0 Å². The van der Waals surface area contributed by atoms with Crippen LogP contribution in [0.25, 0.3) is 77.6 Å². The second kappa shape index (κ2) is 13.9. The summed E-state index contributed by atoms with van der Waals surface area (Å²) in [7, 11) is 0. The van der Waals surface area contributed by atoms with E-state index in [9.17, 15) is 0 Å². The zero-order chi connectivity index (χ0) is 41.5. The quantitative estimate of drug-likeness (QED) is 0.167. The summed E-state index contributed by atoms with van der Waals surface area (Å²) in [5.74, 6) is 0. The molecule has 1 spiro atoms. The lowest BCUT2D eigenvalue weighted by atomic mass is 9.70. The van der Waals surface area contributed by atoms with Crippen LogP contribution in [0.1, 0.15) is 22.3 Å². The molecule has 11 aromatic rings. The highest BCUT2D eigenvalue weighted by Gasteiger charge is 2.51.